The van der Waals surface area contributed by atoms with Gasteiger partial charge in [0.25, 0.3) is 5.92 Å². The number of allylic oxidation sites excluding steroid dienone is 1. The van der Waals surface area contributed by atoms with Crippen LogP contribution < -0.4 is 5.32 Å². The maximum Gasteiger partial charge on any atom is 0.262 e. The van der Waals surface area contributed by atoms with E-state index in [1.807, 2.05) is 12.4 Å². The number of benzene rings is 2. The summed E-state index contributed by atoms with van der Waals surface area (Å²) in [5, 5.41) is 2.90. The molecule has 3 aromatic rings. The van der Waals surface area contributed by atoms with Gasteiger partial charge in [-0.3, -0.25) is 4.99 Å². The Bertz CT molecular complexity index is 1230. The summed E-state index contributed by atoms with van der Waals surface area (Å²) in [4.78, 5) is 12.6. The Balaban J connectivity index is 1.11. The van der Waals surface area contributed by atoms with E-state index in [0.29, 0.717) is 12.3 Å². The van der Waals surface area contributed by atoms with Crippen LogP contribution in [-0.2, 0) is 0 Å². The minimum Gasteiger partial charge on any atom is -0.342 e. The third-order valence-corrected chi connectivity index (χ3v) is 7.39. The first-order valence-corrected chi connectivity index (χ1v) is 12.2. The van der Waals surface area contributed by atoms with Crippen molar-refractivity contribution in [3.63, 3.8) is 0 Å². The fourth-order valence-electron chi connectivity index (χ4n) is 5.40. The minimum atomic E-state index is -2.64. The van der Waals surface area contributed by atoms with Gasteiger partial charge < -0.3 is 10.3 Å². The number of nitrogens with zero attached hydrogens (tertiary/aromatic N) is 2. The van der Waals surface area contributed by atoms with Crippen LogP contribution in [-0.4, -0.2) is 34.2 Å². The zero-order valence-electron chi connectivity index (χ0n) is 19.0. The Morgan fingerprint density at radius 2 is 1.50 bits per heavy atom. The van der Waals surface area contributed by atoms with E-state index in [1.54, 1.807) is 0 Å². The third kappa shape index (κ3) is 4.23. The molecule has 0 radical (unpaired) electrons. The topological polar surface area (TPSA) is 53.1 Å². The van der Waals surface area contributed by atoms with Crippen molar-refractivity contribution in [3.05, 3.63) is 72.3 Å². The second kappa shape index (κ2) is 8.58. The molecule has 1 aliphatic carbocycles. The number of aromatic amines is 1. The van der Waals surface area contributed by atoms with Crippen LogP contribution in [0.25, 0.3) is 28.0 Å². The Labute approximate surface area is 198 Å². The number of aromatic nitrogens is 2. The number of alkyl halides is 2. The van der Waals surface area contributed by atoms with E-state index >= 15 is 0 Å². The van der Waals surface area contributed by atoms with Crippen LogP contribution in [0.1, 0.15) is 55.8 Å². The Morgan fingerprint density at radius 1 is 0.853 bits per heavy atom. The van der Waals surface area contributed by atoms with Crippen LogP contribution in [0.3, 0.4) is 0 Å². The maximum atomic E-state index is 13.5. The van der Waals surface area contributed by atoms with E-state index in [2.05, 4.69) is 68.8 Å². The largest absolute Gasteiger partial charge is 0.342 e. The van der Waals surface area contributed by atoms with E-state index in [0.717, 1.165) is 45.1 Å². The zero-order valence-corrected chi connectivity index (χ0v) is 19.0. The minimum absolute atomic E-state index is 0.164. The number of hydrogen-bond acceptors (Lipinski definition) is 3. The summed E-state index contributed by atoms with van der Waals surface area (Å²) in [6.45, 7) is -0.262. The molecule has 1 atom stereocenters. The molecule has 2 aromatic carbocycles. The molecule has 4 nitrogen and oxygen atoms in total. The van der Waals surface area contributed by atoms with Gasteiger partial charge >= 0.3 is 0 Å². The van der Waals surface area contributed by atoms with Crippen LogP contribution in [0.4, 0.5) is 8.78 Å². The van der Waals surface area contributed by atoms with E-state index in [-0.39, 0.29) is 19.0 Å². The van der Waals surface area contributed by atoms with Crippen LogP contribution in [0.5, 0.6) is 0 Å². The summed E-state index contributed by atoms with van der Waals surface area (Å²) < 4.78 is 27.0. The molecule has 1 saturated heterocycles. The normalized spacial score (nSPS) is 22.2. The van der Waals surface area contributed by atoms with Crippen molar-refractivity contribution >= 4 is 11.3 Å². The highest BCUT2D eigenvalue weighted by atomic mass is 19.3. The number of imidazole rings is 1. The molecule has 6 heteroatoms. The average molecular weight is 459 g/mol. The fourth-order valence-corrected chi connectivity index (χ4v) is 5.40. The van der Waals surface area contributed by atoms with Crippen molar-refractivity contribution in [2.24, 2.45) is 4.99 Å². The molecule has 0 amide bonds. The first-order valence-electron chi connectivity index (χ1n) is 12.2. The van der Waals surface area contributed by atoms with Crippen molar-refractivity contribution in [3.8, 4) is 22.4 Å². The average Bonchev–Trinajstić information content (AvgIpc) is 3.66. The lowest BCUT2D eigenvalue weighted by Crippen LogP contribution is -2.29. The van der Waals surface area contributed by atoms with Crippen molar-refractivity contribution in [1.82, 2.24) is 15.3 Å². The van der Waals surface area contributed by atoms with Crippen molar-refractivity contribution in [1.29, 1.82) is 0 Å². The summed E-state index contributed by atoms with van der Waals surface area (Å²) in [5.41, 5.74) is 7.48. The molecule has 3 aliphatic rings. The lowest BCUT2D eigenvalue weighted by Gasteiger charge is -2.11. The van der Waals surface area contributed by atoms with Crippen LogP contribution in [0.15, 0.2) is 65.9 Å². The summed E-state index contributed by atoms with van der Waals surface area (Å²) >= 11 is 0. The predicted octanol–water partition coefficient (Wildman–Crippen LogP) is 6.58. The Morgan fingerprint density at radius 3 is 2.15 bits per heavy atom. The molecule has 174 valence electrons. The van der Waals surface area contributed by atoms with Gasteiger partial charge in [-0.25, -0.2) is 13.8 Å². The van der Waals surface area contributed by atoms with Gasteiger partial charge in [0.2, 0.25) is 0 Å². The van der Waals surface area contributed by atoms with E-state index in [9.17, 15) is 8.78 Å². The highest BCUT2D eigenvalue weighted by Crippen LogP contribution is 2.34. The molecule has 34 heavy (non-hydrogen) atoms. The Kier molecular flexibility index (Phi) is 5.41. The van der Waals surface area contributed by atoms with Crippen LogP contribution >= 0.6 is 0 Å². The quantitative estimate of drug-likeness (QED) is 0.453. The summed E-state index contributed by atoms with van der Waals surface area (Å²) in [6, 6.07) is 16.6. The van der Waals surface area contributed by atoms with Crippen molar-refractivity contribution in [2.45, 2.75) is 56.4 Å². The molecule has 0 bridgehead atoms. The summed E-state index contributed by atoms with van der Waals surface area (Å²) in [7, 11) is 0. The van der Waals surface area contributed by atoms with Crippen LogP contribution in [0, 0.1) is 0 Å². The SMILES string of the molecule is FC1(F)CN[C@H](C2=NC=C(c3ccc(-c4ccc(-c5cnc(C6CCCC6)[nH]5)cc4)cc3)C2)C1. The number of H-pyrrole nitrogens is 1. The molecule has 0 spiro atoms. The molecule has 6 rings (SSSR count). The van der Waals surface area contributed by atoms with Gasteiger partial charge in [-0.2, -0.15) is 0 Å². The second-order valence-corrected chi connectivity index (χ2v) is 9.76. The van der Waals surface area contributed by atoms with Gasteiger partial charge in [-0.1, -0.05) is 61.4 Å². The first kappa shape index (κ1) is 21.4. The van der Waals surface area contributed by atoms with Gasteiger partial charge in [0.15, 0.2) is 0 Å². The van der Waals surface area contributed by atoms with Gasteiger partial charge in [0.1, 0.15) is 5.82 Å². The smallest absolute Gasteiger partial charge is 0.262 e. The monoisotopic (exact) mass is 458 g/mol. The molecule has 0 unspecified atom stereocenters. The first-order chi connectivity index (χ1) is 16.5. The number of aliphatic imine (C=N–C) groups is 1. The molecule has 1 saturated carbocycles. The van der Waals surface area contributed by atoms with E-state index in [1.165, 1.54) is 25.7 Å². The van der Waals surface area contributed by atoms with Gasteiger partial charge in [-0.15, -0.1) is 0 Å². The molecule has 3 heterocycles. The second-order valence-electron chi connectivity index (χ2n) is 9.76. The molecule has 2 aliphatic heterocycles. The zero-order chi connectivity index (χ0) is 23.1. The number of hydrogen-bond donors (Lipinski definition) is 2. The maximum absolute atomic E-state index is 13.5. The fraction of sp³-hybridized carbons (Fsp3) is 0.357. The molecular weight excluding hydrogens is 430 g/mol. The van der Waals surface area contributed by atoms with Gasteiger partial charge in [0.05, 0.1) is 24.5 Å². The molecule has 1 aromatic heterocycles. The van der Waals surface area contributed by atoms with Crippen molar-refractivity contribution < 1.29 is 8.78 Å². The number of halogens is 2. The highest BCUT2D eigenvalue weighted by Gasteiger charge is 2.41. The van der Waals surface area contributed by atoms with Gasteiger partial charge in [-0.05, 0) is 40.7 Å². The van der Waals surface area contributed by atoms with Gasteiger partial charge in [0, 0.05) is 30.7 Å². The molecular formula is C28H28F2N4. The lowest BCUT2D eigenvalue weighted by molar-refractivity contribution is 0.0226. The third-order valence-electron chi connectivity index (χ3n) is 7.39. The van der Waals surface area contributed by atoms with E-state index < -0.39 is 5.92 Å². The lowest BCUT2D eigenvalue weighted by atomic mass is 9.96. The number of rotatable bonds is 5. The van der Waals surface area contributed by atoms with Crippen LogP contribution in [0.2, 0.25) is 0 Å². The summed E-state index contributed by atoms with van der Waals surface area (Å²) in [5.74, 6) is -0.931. The highest BCUT2D eigenvalue weighted by molar-refractivity contribution is 6.01. The predicted molar refractivity (Wildman–Crippen MR) is 132 cm³/mol. The van der Waals surface area contributed by atoms with Crippen molar-refractivity contribution in [2.75, 3.05) is 6.54 Å². The Hall–Kier alpha value is -3.12. The molecule has 2 N–H and O–H groups in total. The summed E-state index contributed by atoms with van der Waals surface area (Å²) in [6.07, 6.45) is 9.30. The molecule has 2 fully saturated rings. The van der Waals surface area contributed by atoms with E-state index in [4.69, 9.17) is 0 Å². The standard InChI is InChI=1S/C28H28F2N4/c29-28(30)14-25(33-17-28)24-13-23(15-31-24)20-7-5-18(6-8-20)19-9-11-21(12-10-19)26-16-32-27(34-26)22-3-1-2-4-22/h5-12,15-16,22,25,33H,1-4,13-14,17H2,(H,32,34)/t25-/m0/s1. The number of nitrogens with one attached hydrogen (secondary N) is 2.